The number of carbonyl (C=O) groups excluding carboxylic acids is 2. The summed E-state index contributed by atoms with van der Waals surface area (Å²) in [5.74, 6) is -0.224. The van der Waals surface area contributed by atoms with Crippen LogP contribution in [0, 0.1) is 18.3 Å². The van der Waals surface area contributed by atoms with E-state index in [1.54, 1.807) is 6.92 Å². The summed E-state index contributed by atoms with van der Waals surface area (Å²) < 4.78 is 0. The van der Waals surface area contributed by atoms with Gasteiger partial charge in [0.15, 0.2) is 0 Å². The molecular weight excluding hydrogens is 346 g/mol. The van der Waals surface area contributed by atoms with Crippen molar-refractivity contribution in [1.29, 1.82) is 5.26 Å². The molecular formula is C20H21N3O2S. The SMILES string of the molecule is Cc1c(C(=O)N2CCCCC2)sc(NC(=O)Cc2ccccc2)c1C#N. The number of likely N-dealkylation sites (tertiary alicyclic amines) is 1. The molecule has 26 heavy (non-hydrogen) atoms. The van der Waals surface area contributed by atoms with Gasteiger partial charge in [0.1, 0.15) is 11.1 Å². The molecule has 0 saturated carbocycles. The van der Waals surface area contributed by atoms with Crippen LogP contribution >= 0.6 is 11.3 Å². The Bertz CT molecular complexity index is 846. The number of carbonyl (C=O) groups is 2. The Balaban J connectivity index is 1.78. The summed E-state index contributed by atoms with van der Waals surface area (Å²) in [6, 6.07) is 11.6. The number of nitriles is 1. The molecule has 5 nitrogen and oxygen atoms in total. The van der Waals surface area contributed by atoms with Crippen LogP contribution in [0.4, 0.5) is 5.00 Å². The molecule has 0 spiro atoms. The molecule has 0 radical (unpaired) electrons. The van der Waals surface area contributed by atoms with Crippen LogP contribution in [0.5, 0.6) is 0 Å². The van der Waals surface area contributed by atoms with E-state index in [1.807, 2.05) is 35.2 Å². The van der Waals surface area contributed by atoms with Crippen molar-refractivity contribution < 1.29 is 9.59 Å². The van der Waals surface area contributed by atoms with Gasteiger partial charge in [0.05, 0.1) is 16.9 Å². The summed E-state index contributed by atoms with van der Waals surface area (Å²) in [5, 5.41) is 12.8. The van der Waals surface area contributed by atoms with Crippen LogP contribution in [-0.4, -0.2) is 29.8 Å². The van der Waals surface area contributed by atoms with Gasteiger partial charge in [-0.1, -0.05) is 30.3 Å². The molecule has 2 heterocycles. The van der Waals surface area contributed by atoms with Crippen molar-refractivity contribution in [2.75, 3.05) is 18.4 Å². The summed E-state index contributed by atoms with van der Waals surface area (Å²) in [4.78, 5) is 27.5. The number of nitrogens with zero attached hydrogens (tertiary/aromatic N) is 2. The standard InChI is InChI=1S/C20H21N3O2S/c1-14-16(13-21)19(22-17(24)12-15-8-4-2-5-9-15)26-18(14)20(25)23-10-6-3-7-11-23/h2,4-5,8-9H,3,6-7,10-12H2,1H3,(H,22,24). The van der Waals surface area contributed by atoms with E-state index >= 15 is 0 Å². The molecule has 0 bridgehead atoms. The van der Waals surface area contributed by atoms with Gasteiger partial charge in [-0.05, 0) is 37.3 Å². The molecule has 134 valence electrons. The van der Waals surface area contributed by atoms with E-state index in [0.717, 1.165) is 37.9 Å². The van der Waals surface area contributed by atoms with Gasteiger partial charge in [-0.15, -0.1) is 11.3 Å². The number of amides is 2. The third-order valence-electron chi connectivity index (χ3n) is 4.56. The van der Waals surface area contributed by atoms with Gasteiger partial charge in [0.2, 0.25) is 5.91 Å². The molecule has 3 rings (SSSR count). The average Bonchev–Trinajstić information content (AvgIpc) is 2.97. The Labute approximate surface area is 157 Å². The third-order valence-corrected chi connectivity index (χ3v) is 5.75. The van der Waals surface area contributed by atoms with Crippen molar-refractivity contribution in [3.05, 3.63) is 51.9 Å². The minimum atomic E-state index is -0.189. The number of hydrogen-bond donors (Lipinski definition) is 1. The first-order valence-electron chi connectivity index (χ1n) is 8.76. The lowest BCUT2D eigenvalue weighted by atomic mass is 10.1. The van der Waals surface area contributed by atoms with Gasteiger partial charge < -0.3 is 10.2 Å². The molecule has 0 atom stereocenters. The predicted molar refractivity (Wildman–Crippen MR) is 102 cm³/mol. The molecule has 1 aliphatic heterocycles. The zero-order valence-corrected chi connectivity index (χ0v) is 15.6. The molecule has 1 aromatic heterocycles. The van der Waals surface area contributed by atoms with E-state index in [0.29, 0.717) is 21.0 Å². The van der Waals surface area contributed by atoms with E-state index in [2.05, 4.69) is 11.4 Å². The maximum absolute atomic E-state index is 12.8. The Kier molecular flexibility index (Phi) is 5.69. The predicted octanol–water partition coefficient (Wildman–Crippen LogP) is 3.74. The van der Waals surface area contributed by atoms with Gasteiger partial charge >= 0.3 is 0 Å². The van der Waals surface area contributed by atoms with Crippen LogP contribution in [0.2, 0.25) is 0 Å². The van der Waals surface area contributed by atoms with E-state index in [9.17, 15) is 14.9 Å². The maximum Gasteiger partial charge on any atom is 0.264 e. The van der Waals surface area contributed by atoms with Crippen LogP contribution in [0.15, 0.2) is 30.3 Å². The lowest BCUT2D eigenvalue weighted by Gasteiger charge is -2.26. The van der Waals surface area contributed by atoms with Crippen LogP contribution < -0.4 is 5.32 Å². The molecule has 1 N–H and O–H groups in total. The van der Waals surface area contributed by atoms with E-state index in [-0.39, 0.29) is 18.2 Å². The molecule has 0 aliphatic carbocycles. The van der Waals surface area contributed by atoms with Gasteiger partial charge in [-0.25, -0.2) is 0 Å². The van der Waals surface area contributed by atoms with Crippen molar-refractivity contribution in [2.45, 2.75) is 32.6 Å². The third kappa shape index (κ3) is 3.94. The highest BCUT2D eigenvalue weighted by molar-refractivity contribution is 7.18. The molecule has 1 fully saturated rings. The number of thiophene rings is 1. The Morgan fingerprint density at radius 1 is 1.19 bits per heavy atom. The molecule has 1 aromatic carbocycles. The minimum Gasteiger partial charge on any atom is -0.338 e. The van der Waals surface area contributed by atoms with Crippen molar-refractivity contribution >= 4 is 28.2 Å². The van der Waals surface area contributed by atoms with Crippen LogP contribution in [0.3, 0.4) is 0 Å². The summed E-state index contributed by atoms with van der Waals surface area (Å²) >= 11 is 1.21. The highest BCUT2D eigenvalue weighted by Gasteiger charge is 2.25. The highest BCUT2D eigenvalue weighted by Crippen LogP contribution is 2.34. The average molecular weight is 367 g/mol. The van der Waals surface area contributed by atoms with Crippen molar-refractivity contribution in [3.63, 3.8) is 0 Å². The topological polar surface area (TPSA) is 73.2 Å². The number of rotatable bonds is 4. The summed E-state index contributed by atoms with van der Waals surface area (Å²) in [5.41, 5.74) is 1.95. The lowest BCUT2D eigenvalue weighted by Crippen LogP contribution is -2.35. The second kappa shape index (κ2) is 8.15. The Hall–Kier alpha value is -2.65. The fourth-order valence-electron chi connectivity index (χ4n) is 3.13. The molecule has 6 heteroatoms. The maximum atomic E-state index is 12.8. The molecule has 2 aromatic rings. The number of benzene rings is 1. The van der Waals surface area contributed by atoms with Crippen molar-refractivity contribution in [1.82, 2.24) is 4.90 Å². The van der Waals surface area contributed by atoms with Gasteiger partial charge in [-0.3, -0.25) is 9.59 Å². The summed E-state index contributed by atoms with van der Waals surface area (Å²) in [7, 11) is 0. The first-order valence-corrected chi connectivity index (χ1v) is 9.58. The van der Waals surface area contributed by atoms with Crippen molar-refractivity contribution in [3.8, 4) is 6.07 Å². The first kappa shape index (κ1) is 18.2. The minimum absolute atomic E-state index is 0.0349. The second-order valence-corrected chi connectivity index (χ2v) is 7.46. The first-order chi connectivity index (χ1) is 12.6. The quantitative estimate of drug-likeness (QED) is 0.895. The normalized spacial score (nSPS) is 13.9. The molecule has 2 amide bonds. The highest BCUT2D eigenvalue weighted by atomic mass is 32.1. The van der Waals surface area contributed by atoms with Crippen LogP contribution in [0.1, 0.15) is 45.6 Å². The fourth-order valence-corrected chi connectivity index (χ4v) is 4.27. The van der Waals surface area contributed by atoms with Gasteiger partial charge in [0.25, 0.3) is 5.91 Å². The zero-order chi connectivity index (χ0) is 18.5. The van der Waals surface area contributed by atoms with E-state index < -0.39 is 0 Å². The molecule has 1 saturated heterocycles. The molecule has 0 unspecified atom stereocenters. The Morgan fingerprint density at radius 3 is 2.54 bits per heavy atom. The smallest absolute Gasteiger partial charge is 0.264 e. The van der Waals surface area contributed by atoms with Crippen LogP contribution in [0.25, 0.3) is 0 Å². The Morgan fingerprint density at radius 2 is 1.88 bits per heavy atom. The largest absolute Gasteiger partial charge is 0.338 e. The summed E-state index contributed by atoms with van der Waals surface area (Å²) in [6.45, 7) is 3.29. The number of hydrogen-bond acceptors (Lipinski definition) is 4. The van der Waals surface area contributed by atoms with Crippen molar-refractivity contribution in [2.24, 2.45) is 0 Å². The number of piperidine rings is 1. The fraction of sp³-hybridized carbons (Fsp3) is 0.350. The zero-order valence-electron chi connectivity index (χ0n) is 14.7. The van der Waals surface area contributed by atoms with E-state index in [1.165, 1.54) is 11.3 Å². The van der Waals surface area contributed by atoms with Gasteiger partial charge in [-0.2, -0.15) is 5.26 Å². The van der Waals surface area contributed by atoms with E-state index in [4.69, 9.17) is 0 Å². The summed E-state index contributed by atoms with van der Waals surface area (Å²) in [6.07, 6.45) is 3.42. The number of nitrogens with one attached hydrogen (secondary N) is 1. The second-order valence-electron chi connectivity index (χ2n) is 6.44. The van der Waals surface area contributed by atoms with Gasteiger partial charge in [0, 0.05) is 13.1 Å². The number of anilines is 1. The monoisotopic (exact) mass is 367 g/mol. The van der Waals surface area contributed by atoms with Crippen LogP contribution in [-0.2, 0) is 11.2 Å². The lowest BCUT2D eigenvalue weighted by molar-refractivity contribution is -0.115. The molecule has 1 aliphatic rings.